The number of aryl methyl sites for hydroxylation is 3. The van der Waals surface area contributed by atoms with E-state index in [0.29, 0.717) is 33.6 Å². The number of ether oxygens (including phenoxy) is 2. The van der Waals surface area contributed by atoms with Crippen LogP contribution in [-0.2, 0) is 7.05 Å². The molecule has 3 aromatic heterocycles. The van der Waals surface area contributed by atoms with Crippen LogP contribution in [0.5, 0.6) is 17.4 Å². The second-order valence-electron chi connectivity index (χ2n) is 6.93. The summed E-state index contributed by atoms with van der Waals surface area (Å²) in [6.45, 7) is 3.79. The molecule has 0 atom stereocenters. The van der Waals surface area contributed by atoms with Crippen molar-refractivity contribution in [1.29, 1.82) is 0 Å². The first-order chi connectivity index (χ1) is 14.9. The SMILES string of the molecule is COc1cc(C)ccc1Oc1ccc(NC(=O)c2sc(-c3cnn(C)c3)nc2C)cn1. The third-order valence-electron chi connectivity index (χ3n) is 4.48. The summed E-state index contributed by atoms with van der Waals surface area (Å²) in [7, 11) is 3.43. The summed E-state index contributed by atoms with van der Waals surface area (Å²) in [5, 5.41) is 7.76. The van der Waals surface area contributed by atoms with Crippen molar-refractivity contribution in [2.24, 2.45) is 7.05 Å². The quantitative estimate of drug-likeness (QED) is 0.476. The lowest BCUT2D eigenvalue weighted by atomic mass is 10.2. The van der Waals surface area contributed by atoms with E-state index in [4.69, 9.17) is 9.47 Å². The molecule has 0 aliphatic rings. The molecular weight excluding hydrogens is 414 g/mol. The Morgan fingerprint density at radius 1 is 1.13 bits per heavy atom. The Bertz CT molecular complexity index is 1230. The summed E-state index contributed by atoms with van der Waals surface area (Å²) in [5.41, 5.74) is 3.18. The molecule has 1 amide bonds. The van der Waals surface area contributed by atoms with Crippen molar-refractivity contribution in [2.45, 2.75) is 13.8 Å². The van der Waals surface area contributed by atoms with E-state index in [2.05, 4.69) is 20.4 Å². The van der Waals surface area contributed by atoms with Crippen molar-refractivity contribution in [1.82, 2.24) is 19.7 Å². The molecule has 31 heavy (non-hydrogen) atoms. The Morgan fingerprint density at radius 3 is 2.65 bits per heavy atom. The zero-order valence-corrected chi connectivity index (χ0v) is 18.4. The van der Waals surface area contributed by atoms with Crippen LogP contribution < -0.4 is 14.8 Å². The molecule has 8 nitrogen and oxygen atoms in total. The topological polar surface area (TPSA) is 91.2 Å². The van der Waals surface area contributed by atoms with Crippen LogP contribution >= 0.6 is 11.3 Å². The van der Waals surface area contributed by atoms with Crippen molar-refractivity contribution >= 4 is 22.9 Å². The highest BCUT2D eigenvalue weighted by Crippen LogP contribution is 2.32. The molecule has 0 aliphatic carbocycles. The lowest BCUT2D eigenvalue weighted by Crippen LogP contribution is -2.11. The van der Waals surface area contributed by atoms with Crippen LogP contribution in [0.4, 0.5) is 5.69 Å². The van der Waals surface area contributed by atoms with Gasteiger partial charge in [-0.3, -0.25) is 9.48 Å². The Morgan fingerprint density at radius 2 is 1.97 bits per heavy atom. The predicted molar refractivity (Wildman–Crippen MR) is 119 cm³/mol. The zero-order valence-electron chi connectivity index (χ0n) is 17.5. The van der Waals surface area contributed by atoms with Gasteiger partial charge in [-0.2, -0.15) is 5.10 Å². The van der Waals surface area contributed by atoms with Gasteiger partial charge in [0.15, 0.2) is 11.5 Å². The minimum Gasteiger partial charge on any atom is -0.493 e. The number of amides is 1. The van der Waals surface area contributed by atoms with Gasteiger partial charge in [-0.15, -0.1) is 11.3 Å². The molecular formula is C22H21N5O3S. The minimum atomic E-state index is -0.235. The molecule has 1 aromatic carbocycles. The van der Waals surface area contributed by atoms with Gasteiger partial charge in [-0.25, -0.2) is 9.97 Å². The molecule has 1 N–H and O–H groups in total. The first-order valence-electron chi connectivity index (χ1n) is 9.49. The molecule has 0 spiro atoms. The van der Waals surface area contributed by atoms with Gasteiger partial charge in [-0.05, 0) is 37.6 Å². The smallest absolute Gasteiger partial charge is 0.267 e. The van der Waals surface area contributed by atoms with Crippen LogP contribution in [0.25, 0.3) is 10.6 Å². The minimum absolute atomic E-state index is 0.235. The van der Waals surface area contributed by atoms with Gasteiger partial charge in [0.1, 0.15) is 9.88 Å². The van der Waals surface area contributed by atoms with Crippen LogP contribution in [0.2, 0.25) is 0 Å². The first kappa shape index (κ1) is 20.5. The summed E-state index contributed by atoms with van der Waals surface area (Å²) in [4.78, 5) is 22.1. The first-order valence-corrected chi connectivity index (χ1v) is 10.3. The molecule has 0 saturated heterocycles. The highest BCUT2D eigenvalue weighted by molar-refractivity contribution is 7.17. The number of pyridine rings is 1. The number of carbonyl (C=O) groups excluding carboxylic acids is 1. The van der Waals surface area contributed by atoms with Gasteiger partial charge >= 0.3 is 0 Å². The van der Waals surface area contributed by atoms with Crippen LogP contribution in [0, 0.1) is 13.8 Å². The predicted octanol–water partition coefficient (Wildman–Crippen LogP) is 4.61. The second-order valence-corrected chi connectivity index (χ2v) is 7.93. The fourth-order valence-electron chi connectivity index (χ4n) is 2.94. The zero-order chi connectivity index (χ0) is 22.0. The summed E-state index contributed by atoms with van der Waals surface area (Å²) < 4.78 is 12.9. The average Bonchev–Trinajstić information content (AvgIpc) is 3.36. The number of thiazole rings is 1. The van der Waals surface area contributed by atoms with Crippen molar-refractivity contribution in [3.8, 4) is 28.0 Å². The molecule has 0 radical (unpaired) electrons. The lowest BCUT2D eigenvalue weighted by molar-refractivity contribution is 0.102. The lowest BCUT2D eigenvalue weighted by Gasteiger charge is -2.10. The molecule has 3 heterocycles. The molecule has 0 aliphatic heterocycles. The van der Waals surface area contributed by atoms with Crippen LogP contribution in [-0.4, -0.2) is 32.8 Å². The maximum atomic E-state index is 12.7. The highest BCUT2D eigenvalue weighted by atomic mass is 32.1. The molecule has 0 unspecified atom stereocenters. The third-order valence-corrected chi connectivity index (χ3v) is 5.69. The van der Waals surface area contributed by atoms with E-state index in [0.717, 1.165) is 16.1 Å². The monoisotopic (exact) mass is 435 g/mol. The summed E-state index contributed by atoms with van der Waals surface area (Å²) in [5.74, 6) is 1.36. The largest absolute Gasteiger partial charge is 0.493 e. The van der Waals surface area contributed by atoms with Gasteiger partial charge in [0.25, 0.3) is 5.91 Å². The molecule has 0 bridgehead atoms. The molecule has 0 saturated carbocycles. The second kappa shape index (κ2) is 8.57. The standard InChI is InChI=1S/C22H21N5O3S/c1-13-5-7-17(18(9-13)29-4)30-19-8-6-16(11-23-19)26-21(28)20-14(2)25-22(31-20)15-10-24-27(3)12-15/h5-12H,1-4H3,(H,26,28). The van der Waals surface area contributed by atoms with Crippen LogP contribution in [0.15, 0.2) is 48.9 Å². The van der Waals surface area contributed by atoms with Gasteiger partial charge < -0.3 is 14.8 Å². The van der Waals surface area contributed by atoms with Gasteiger partial charge in [0.05, 0.1) is 30.9 Å². The van der Waals surface area contributed by atoms with E-state index < -0.39 is 0 Å². The Kier molecular flexibility index (Phi) is 5.68. The molecule has 0 fully saturated rings. The number of hydrogen-bond acceptors (Lipinski definition) is 7. The van der Waals surface area contributed by atoms with E-state index in [9.17, 15) is 4.79 Å². The average molecular weight is 436 g/mol. The van der Waals surface area contributed by atoms with E-state index in [-0.39, 0.29) is 5.91 Å². The number of methoxy groups -OCH3 is 1. The Labute approximate surface area is 183 Å². The Hall–Kier alpha value is -3.72. The van der Waals surface area contributed by atoms with Gasteiger partial charge in [0, 0.05) is 24.9 Å². The van der Waals surface area contributed by atoms with E-state index in [1.165, 1.54) is 11.3 Å². The number of rotatable bonds is 6. The van der Waals surface area contributed by atoms with E-state index in [1.54, 1.807) is 36.3 Å². The maximum Gasteiger partial charge on any atom is 0.267 e. The van der Waals surface area contributed by atoms with Crippen LogP contribution in [0.1, 0.15) is 20.9 Å². The molecule has 9 heteroatoms. The number of carbonyl (C=O) groups is 1. The van der Waals surface area contributed by atoms with Crippen LogP contribution in [0.3, 0.4) is 0 Å². The Balaban J connectivity index is 1.46. The molecule has 158 valence electrons. The summed E-state index contributed by atoms with van der Waals surface area (Å²) in [6, 6.07) is 9.08. The number of hydrogen-bond donors (Lipinski definition) is 1. The van der Waals surface area contributed by atoms with Crippen molar-refractivity contribution in [2.75, 3.05) is 12.4 Å². The summed E-state index contributed by atoms with van der Waals surface area (Å²) >= 11 is 1.33. The van der Waals surface area contributed by atoms with E-state index in [1.807, 2.05) is 45.3 Å². The summed E-state index contributed by atoms with van der Waals surface area (Å²) in [6.07, 6.45) is 5.14. The third kappa shape index (κ3) is 4.56. The number of benzene rings is 1. The van der Waals surface area contributed by atoms with Crippen molar-refractivity contribution < 1.29 is 14.3 Å². The van der Waals surface area contributed by atoms with Crippen molar-refractivity contribution in [3.05, 3.63) is 65.1 Å². The maximum absolute atomic E-state index is 12.7. The normalized spacial score (nSPS) is 10.7. The van der Waals surface area contributed by atoms with Gasteiger partial charge in [0.2, 0.25) is 5.88 Å². The molecule has 4 rings (SSSR count). The molecule has 4 aromatic rings. The number of aromatic nitrogens is 4. The highest BCUT2D eigenvalue weighted by Gasteiger charge is 2.17. The van der Waals surface area contributed by atoms with Gasteiger partial charge in [-0.1, -0.05) is 6.07 Å². The number of nitrogens with one attached hydrogen (secondary N) is 1. The number of anilines is 1. The number of nitrogens with zero attached hydrogens (tertiary/aromatic N) is 4. The fraction of sp³-hybridized carbons (Fsp3) is 0.182. The fourth-order valence-corrected chi connectivity index (χ4v) is 3.87. The van der Waals surface area contributed by atoms with E-state index >= 15 is 0 Å². The van der Waals surface area contributed by atoms with Crippen molar-refractivity contribution in [3.63, 3.8) is 0 Å².